The summed E-state index contributed by atoms with van der Waals surface area (Å²) in [6.07, 6.45) is 10.2. The second kappa shape index (κ2) is 5.52. The Labute approximate surface area is 123 Å². The zero-order valence-electron chi connectivity index (χ0n) is 12.4. The minimum atomic E-state index is 0.822. The minimum absolute atomic E-state index is 0.822. The summed E-state index contributed by atoms with van der Waals surface area (Å²) in [5.74, 6) is 3.75. The van der Waals surface area contributed by atoms with Crippen molar-refractivity contribution in [1.29, 1.82) is 0 Å². The van der Waals surface area contributed by atoms with E-state index in [0.29, 0.717) is 0 Å². The van der Waals surface area contributed by atoms with Crippen LogP contribution in [0.1, 0.15) is 56.4 Å². The van der Waals surface area contributed by atoms with E-state index in [4.69, 9.17) is 0 Å². The SMILES string of the molecule is c1ccc(C2CCNC3C4CCCCCCC4C23)cc1. The second-order valence-corrected chi connectivity index (χ2v) is 7.18. The molecule has 1 heterocycles. The fourth-order valence-electron chi connectivity index (χ4n) is 5.40. The van der Waals surface area contributed by atoms with Gasteiger partial charge in [-0.05, 0) is 55.0 Å². The van der Waals surface area contributed by atoms with Gasteiger partial charge in [-0.1, -0.05) is 56.0 Å². The van der Waals surface area contributed by atoms with E-state index in [0.717, 1.165) is 29.7 Å². The molecule has 3 fully saturated rings. The lowest BCUT2D eigenvalue weighted by atomic mass is 9.50. The van der Waals surface area contributed by atoms with Crippen molar-refractivity contribution in [3.05, 3.63) is 35.9 Å². The Hall–Kier alpha value is -0.820. The summed E-state index contributed by atoms with van der Waals surface area (Å²) in [6, 6.07) is 12.2. The zero-order valence-corrected chi connectivity index (χ0v) is 12.4. The van der Waals surface area contributed by atoms with Gasteiger partial charge in [-0.25, -0.2) is 0 Å². The first-order valence-electron chi connectivity index (χ1n) is 8.73. The maximum atomic E-state index is 3.87. The smallest absolute Gasteiger partial charge is 0.0135 e. The highest BCUT2D eigenvalue weighted by molar-refractivity contribution is 5.25. The van der Waals surface area contributed by atoms with Crippen LogP contribution in [0, 0.1) is 17.8 Å². The molecule has 0 radical (unpaired) electrons. The number of hydrogen-bond donors (Lipinski definition) is 1. The fraction of sp³-hybridized carbons (Fsp3) is 0.684. The molecule has 4 rings (SSSR count). The molecule has 3 aliphatic rings. The van der Waals surface area contributed by atoms with Crippen LogP contribution in [0.3, 0.4) is 0 Å². The van der Waals surface area contributed by atoms with Crippen molar-refractivity contribution in [1.82, 2.24) is 5.32 Å². The van der Waals surface area contributed by atoms with E-state index >= 15 is 0 Å². The molecule has 0 spiro atoms. The Bertz CT molecular complexity index is 440. The predicted molar refractivity (Wildman–Crippen MR) is 83.8 cm³/mol. The number of piperidine rings is 1. The third-order valence-corrected chi connectivity index (χ3v) is 6.27. The van der Waals surface area contributed by atoms with Gasteiger partial charge < -0.3 is 5.32 Å². The lowest BCUT2D eigenvalue weighted by Gasteiger charge is -2.59. The van der Waals surface area contributed by atoms with E-state index < -0.39 is 0 Å². The van der Waals surface area contributed by atoms with Gasteiger partial charge in [0.15, 0.2) is 0 Å². The molecule has 1 aromatic rings. The van der Waals surface area contributed by atoms with Gasteiger partial charge >= 0.3 is 0 Å². The highest BCUT2D eigenvalue weighted by atomic mass is 15.0. The first kappa shape index (κ1) is 12.9. The van der Waals surface area contributed by atoms with Gasteiger partial charge in [0.25, 0.3) is 0 Å². The molecule has 1 aliphatic heterocycles. The van der Waals surface area contributed by atoms with Gasteiger partial charge in [0, 0.05) is 6.04 Å². The van der Waals surface area contributed by atoms with E-state index in [9.17, 15) is 0 Å². The average molecular weight is 269 g/mol. The standard InChI is InChI=1S/C19H27N/c1-2-7-11-17-16(10-6-1)18-15(12-13-20-19(17)18)14-8-4-3-5-9-14/h3-5,8-9,15-20H,1-2,6-7,10-13H2. The van der Waals surface area contributed by atoms with Crippen LogP contribution in [-0.4, -0.2) is 12.6 Å². The van der Waals surface area contributed by atoms with Crippen LogP contribution >= 0.6 is 0 Å². The normalized spacial score (nSPS) is 40.7. The molecule has 1 N–H and O–H groups in total. The molecule has 5 unspecified atom stereocenters. The maximum absolute atomic E-state index is 3.87. The summed E-state index contributed by atoms with van der Waals surface area (Å²) >= 11 is 0. The highest BCUT2D eigenvalue weighted by Crippen LogP contribution is 2.55. The van der Waals surface area contributed by atoms with Gasteiger partial charge in [-0.2, -0.15) is 0 Å². The molecule has 0 bridgehead atoms. The van der Waals surface area contributed by atoms with Crippen LogP contribution in [0.2, 0.25) is 0 Å². The topological polar surface area (TPSA) is 12.0 Å². The van der Waals surface area contributed by atoms with Crippen LogP contribution in [-0.2, 0) is 0 Å². The molecule has 5 atom stereocenters. The molecule has 1 heteroatoms. The summed E-state index contributed by atoms with van der Waals surface area (Å²) in [4.78, 5) is 0. The van der Waals surface area contributed by atoms with E-state index in [1.54, 1.807) is 5.56 Å². The average Bonchev–Trinajstić information content (AvgIpc) is 2.47. The van der Waals surface area contributed by atoms with Crippen molar-refractivity contribution in [3.8, 4) is 0 Å². The quantitative estimate of drug-likeness (QED) is 0.799. The molecule has 1 aromatic carbocycles. The zero-order chi connectivity index (χ0) is 13.4. The Kier molecular flexibility index (Phi) is 3.56. The molecule has 0 amide bonds. The van der Waals surface area contributed by atoms with Crippen molar-refractivity contribution in [2.24, 2.45) is 17.8 Å². The number of fused-ring (bicyclic) bond motifs is 4. The molecule has 2 saturated carbocycles. The molecule has 1 saturated heterocycles. The van der Waals surface area contributed by atoms with E-state index in [1.165, 1.54) is 51.5 Å². The summed E-state index contributed by atoms with van der Waals surface area (Å²) in [5, 5.41) is 3.87. The van der Waals surface area contributed by atoms with Gasteiger partial charge in [0.2, 0.25) is 0 Å². The van der Waals surface area contributed by atoms with Crippen molar-refractivity contribution in [3.63, 3.8) is 0 Å². The Morgan fingerprint density at radius 1 is 0.800 bits per heavy atom. The Morgan fingerprint density at radius 2 is 1.55 bits per heavy atom. The molecule has 0 aromatic heterocycles. The third kappa shape index (κ3) is 2.11. The summed E-state index contributed by atoms with van der Waals surface area (Å²) in [6.45, 7) is 1.23. The Morgan fingerprint density at radius 3 is 2.35 bits per heavy atom. The van der Waals surface area contributed by atoms with Crippen LogP contribution in [0.15, 0.2) is 30.3 Å². The van der Waals surface area contributed by atoms with E-state index in [1.807, 2.05) is 0 Å². The van der Waals surface area contributed by atoms with Crippen LogP contribution in [0.4, 0.5) is 0 Å². The second-order valence-electron chi connectivity index (χ2n) is 7.18. The minimum Gasteiger partial charge on any atom is -0.313 e. The third-order valence-electron chi connectivity index (χ3n) is 6.27. The predicted octanol–water partition coefficient (Wildman–Crippen LogP) is 4.35. The largest absolute Gasteiger partial charge is 0.313 e. The van der Waals surface area contributed by atoms with Crippen molar-refractivity contribution in [2.45, 2.75) is 56.9 Å². The van der Waals surface area contributed by atoms with Gasteiger partial charge in [0.1, 0.15) is 0 Å². The number of rotatable bonds is 1. The van der Waals surface area contributed by atoms with Gasteiger partial charge in [-0.3, -0.25) is 0 Å². The van der Waals surface area contributed by atoms with Gasteiger partial charge in [-0.15, -0.1) is 0 Å². The number of nitrogens with one attached hydrogen (secondary N) is 1. The van der Waals surface area contributed by atoms with Crippen LogP contribution < -0.4 is 5.32 Å². The highest BCUT2D eigenvalue weighted by Gasteiger charge is 2.53. The number of hydrogen-bond acceptors (Lipinski definition) is 1. The van der Waals surface area contributed by atoms with Crippen LogP contribution in [0.5, 0.6) is 0 Å². The van der Waals surface area contributed by atoms with Crippen molar-refractivity contribution >= 4 is 0 Å². The monoisotopic (exact) mass is 269 g/mol. The van der Waals surface area contributed by atoms with Crippen molar-refractivity contribution in [2.75, 3.05) is 6.54 Å². The van der Waals surface area contributed by atoms with Gasteiger partial charge in [0.05, 0.1) is 0 Å². The van der Waals surface area contributed by atoms with Crippen LogP contribution in [0.25, 0.3) is 0 Å². The number of benzene rings is 1. The summed E-state index contributed by atoms with van der Waals surface area (Å²) in [7, 11) is 0. The Balaban J connectivity index is 1.57. The summed E-state index contributed by atoms with van der Waals surface area (Å²) < 4.78 is 0. The molecule has 108 valence electrons. The maximum Gasteiger partial charge on any atom is 0.0135 e. The molecule has 2 aliphatic carbocycles. The van der Waals surface area contributed by atoms with E-state index in [-0.39, 0.29) is 0 Å². The molecule has 20 heavy (non-hydrogen) atoms. The van der Waals surface area contributed by atoms with Crippen molar-refractivity contribution < 1.29 is 0 Å². The fourth-order valence-corrected chi connectivity index (χ4v) is 5.40. The lowest BCUT2D eigenvalue weighted by Crippen LogP contribution is -2.63. The lowest BCUT2D eigenvalue weighted by molar-refractivity contribution is -0.0428. The first-order valence-corrected chi connectivity index (χ1v) is 8.73. The molecular weight excluding hydrogens is 242 g/mol. The summed E-state index contributed by atoms with van der Waals surface area (Å²) in [5.41, 5.74) is 1.60. The van der Waals surface area contributed by atoms with E-state index in [2.05, 4.69) is 35.6 Å². The first-order chi connectivity index (χ1) is 9.95. The molecular formula is C19H27N. The molecule has 1 nitrogen and oxygen atoms in total.